The van der Waals surface area contributed by atoms with Crippen LogP contribution in [0.3, 0.4) is 0 Å². The first-order valence-electron chi connectivity index (χ1n) is 8.87. The van der Waals surface area contributed by atoms with Gasteiger partial charge in [0.2, 0.25) is 15.9 Å². The van der Waals surface area contributed by atoms with Gasteiger partial charge in [-0.25, -0.2) is 12.8 Å². The smallest absolute Gasteiger partial charge is 0.242 e. The summed E-state index contributed by atoms with van der Waals surface area (Å²) in [5.74, 6) is -1.05. The Morgan fingerprint density at radius 3 is 2.46 bits per heavy atom. The standard InChI is InChI=1S/C19H22FN3O4S/c1-14(22-28(25,26)16-5-3-2-4-6-16)19(24)21-15-7-8-18(17(20)13-15)23-9-11-27-12-10-23/h2-8,13-14,22H,9-12H2,1H3,(H,21,24)/t14-/m0/s1. The second kappa shape index (κ2) is 8.68. The maximum Gasteiger partial charge on any atom is 0.242 e. The molecule has 9 heteroatoms. The van der Waals surface area contributed by atoms with Crippen molar-refractivity contribution < 1.29 is 22.3 Å². The van der Waals surface area contributed by atoms with Crippen LogP contribution in [-0.4, -0.2) is 46.7 Å². The maximum absolute atomic E-state index is 14.4. The van der Waals surface area contributed by atoms with Crippen molar-refractivity contribution in [2.75, 3.05) is 36.5 Å². The molecule has 7 nitrogen and oxygen atoms in total. The van der Waals surface area contributed by atoms with Crippen molar-refractivity contribution in [3.05, 3.63) is 54.3 Å². The molecule has 2 aromatic rings. The zero-order chi connectivity index (χ0) is 20.1. The molecular formula is C19H22FN3O4S. The van der Waals surface area contributed by atoms with E-state index < -0.39 is 27.8 Å². The predicted octanol–water partition coefficient (Wildman–Crippen LogP) is 1.97. The number of morpholine rings is 1. The van der Waals surface area contributed by atoms with Gasteiger partial charge < -0.3 is 15.0 Å². The first-order chi connectivity index (χ1) is 13.4. The second-order valence-corrected chi connectivity index (χ2v) is 8.12. The van der Waals surface area contributed by atoms with Crippen LogP contribution >= 0.6 is 0 Å². The van der Waals surface area contributed by atoms with Crippen LogP contribution in [-0.2, 0) is 19.6 Å². The van der Waals surface area contributed by atoms with Crippen LogP contribution in [0, 0.1) is 5.82 Å². The maximum atomic E-state index is 14.4. The summed E-state index contributed by atoms with van der Waals surface area (Å²) in [5.41, 5.74) is 0.699. The Morgan fingerprint density at radius 1 is 1.14 bits per heavy atom. The van der Waals surface area contributed by atoms with Gasteiger partial charge in [0.15, 0.2) is 0 Å². The number of carbonyl (C=O) groups excluding carboxylic acids is 1. The minimum atomic E-state index is -3.83. The number of sulfonamides is 1. The SMILES string of the molecule is C[C@H](NS(=O)(=O)c1ccccc1)C(=O)Nc1ccc(N2CCOCC2)c(F)c1. The Morgan fingerprint density at radius 2 is 1.82 bits per heavy atom. The van der Waals surface area contributed by atoms with Gasteiger partial charge in [0.1, 0.15) is 5.82 Å². The number of halogens is 1. The van der Waals surface area contributed by atoms with Crippen molar-refractivity contribution in [3.8, 4) is 0 Å². The average molecular weight is 407 g/mol. The minimum Gasteiger partial charge on any atom is -0.378 e. The van der Waals surface area contributed by atoms with Crippen LogP contribution in [0.15, 0.2) is 53.4 Å². The van der Waals surface area contributed by atoms with E-state index >= 15 is 0 Å². The molecule has 1 fully saturated rings. The number of carbonyl (C=O) groups is 1. The van der Waals surface area contributed by atoms with Crippen molar-refractivity contribution in [1.82, 2.24) is 4.72 Å². The summed E-state index contributed by atoms with van der Waals surface area (Å²) in [6.07, 6.45) is 0. The summed E-state index contributed by atoms with van der Waals surface area (Å²) in [5, 5.41) is 2.54. The Bertz CT molecular complexity index is 931. The molecule has 1 aliphatic heterocycles. The van der Waals surface area contributed by atoms with Crippen molar-refractivity contribution in [2.45, 2.75) is 17.9 Å². The summed E-state index contributed by atoms with van der Waals surface area (Å²) in [6, 6.07) is 11.1. The zero-order valence-corrected chi connectivity index (χ0v) is 16.2. The predicted molar refractivity (Wildman–Crippen MR) is 104 cm³/mol. The molecule has 0 saturated carbocycles. The summed E-state index contributed by atoms with van der Waals surface area (Å²) < 4.78 is 46.6. The lowest BCUT2D eigenvalue weighted by Crippen LogP contribution is -2.41. The number of hydrogen-bond acceptors (Lipinski definition) is 5. The van der Waals surface area contributed by atoms with Crippen LogP contribution < -0.4 is 14.9 Å². The van der Waals surface area contributed by atoms with E-state index in [-0.39, 0.29) is 10.6 Å². The van der Waals surface area contributed by atoms with Gasteiger partial charge in [-0.15, -0.1) is 0 Å². The fourth-order valence-electron chi connectivity index (χ4n) is 2.85. The largest absolute Gasteiger partial charge is 0.378 e. The molecule has 1 heterocycles. The van der Waals surface area contributed by atoms with E-state index in [1.807, 2.05) is 4.90 Å². The van der Waals surface area contributed by atoms with E-state index in [1.54, 1.807) is 30.3 Å². The molecule has 1 atom stereocenters. The lowest BCUT2D eigenvalue weighted by atomic mass is 10.2. The lowest BCUT2D eigenvalue weighted by molar-refractivity contribution is -0.117. The first-order valence-corrected chi connectivity index (χ1v) is 10.4. The van der Waals surface area contributed by atoms with E-state index in [0.29, 0.717) is 32.0 Å². The molecule has 0 aliphatic carbocycles. The fourth-order valence-corrected chi connectivity index (χ4v) is 4.07. The van der Waals surface area contributed by atoms with Gasteiger partial charge in [0.25, 0.3) is 0 Å². The number of hydrogen-bond donors (Lipinski definition) is 2. The molecule has 0 aromatic heterocycles. The highest BCUT2D eigenvalue weighted by Crippen LogP contribution is 2.24. The number of rotatable bonds is 6. The van der Waals surface area contributed by atoms with Crippen LogP contribution in [0.4, 0.5) is 15.8 Å². The number of benzene rings is 2. The van der Waals surface area contributed by atoms with E-state index in [4.69, 9.17) is 4.74 Å². The Labute approximate surface area is 163 Å². The molecule has 3 rings (SSSR count). The Balaban J connectivity index is 1.64. The molecule has 0 bridgehead atoms. The van der Waals surface area contributed by atoms with E-state index in [2.05, 4.69) is 10.0 Å². The van der Waals surface area contributed by atoms with Crippen molar-refractivity contribution in [2.24, 2.45) is 0 Å². The highest BCUT2D eigenvalue weighted by atomic mass is 32.2. The molecule has 0 unspecified atom stereocenters. The summed E-state index contributed by atoms with van der Waals surface area (Å²) in [4.78, 5) is 14.3. The van der Waals surface area contributed by atoms with E-state index in [0.717, 1.165) is 0 Å². The molecule has 150 valence electrons. The Hall–Kier alpha value is -2.49. The van der Waals surface area contributed by atoms with Gasteiger partial charge in [-0.05, 0) is 37.3 Å². The fraction of sp³-hybridized carbons (Fsp3) is 0.316. The zero-order valence-electron chi connectivity index (χ0n) is 15.4. The monoisotopic (exact) mass is 407 g/mol. The highest BCUT2D eigenvalue weighted by molar-refractivity contribution is 7.89. The number of nitrogens with one attached hydrogen (secondary N) is 2. The summed E-state index contributed by atoms with van der Waals surface area (Å²) in [6.45, 7) is 3.70. The molecule has 1 amide bonds. The molecule has 1 aliphatic rings. The Kier molecular flexibility index (Phi) is 6.28. The van der Waals surface area contributed by atoms with Crippen molar-refractivity contribution in [3.63, 3.8) is 0 Å². The number of ether oxygens (including phenoxy) is 1. The third-order valence-corrected chi connectivity index (χ3v) is 5.90. The molecular weight excluding hydrogens is 385 g/mol. The summed E-state index contributed by atoms with van der Waals surface area (Å²) >= 11 is 0. The highest BCUT2D eigenvalue weighted by Gasteiger charge is 2.22. The average Bonchev–Trinajstić information content (AvgIpc) is 2.69. The topological polar surface area (TPSA) is 87.7 Å². The molecule has 2 N–H and O–H groups in total. The second-order valence-electron chi connectivity index (χ2n) is 6.41. The molecule has 0 spiro atoms. The first kappa shape index (κ1) is 20.2. The van der Waals surface area contributed by atoms with Gasteiger partial charge >= 0.3 is 0 Å². The number of nitrogens with zero attached hydrogens (tertiary/aromatic N) is 1. The van der Waals surface area contributed by atoms with Gasteiger partial charge in [-0.1, -0.05) is 18.2 Å². The molecule has 28 heavy (non-hydrogen) atoms. The number of anilines is 2. The van der Waals surface area contributed by atoms with Crippen LogP contribution in [0.5, 0.6) is 0 Å². The molecule has 0 radical (unpaired) electrons. The molecule has 2 aromatic carbocycles. The third-order valence-electron chi connectivity index (χ3n) is 4.35. The van der Waals surface area contributed by atoms with E-state index in [9.17, 15) is 17.6 Å². The normalized spacial score (nSPS) is 15.9. The van der Waals surface area contributed by atoms with Crippen molar-refractivity contribution >= 4 is 27.3 Å². The molecule has 1 saturated heterocycles. The number of amides is 1. The minimum absolute atomic E-state index is 0.0653. The van der Waals surface area contributed by atoms with Gasteiger partial charge in [-0.3, -0.25) is 4.79 Å². The van der Waals surface area contributed by atoms with Crippen molar-refractivity contribution in [1.29, 1.82) is 0 Å². The van der Waals surface area contributed by atoms with E-state index in [1.165, 1.54) is 25.1 Å². The third kappa shape index (κ3) is 4.86. The van der Waals surface area contributed by atoms with Gasteiger partial charge in [0.05, 0.1) is 29.8 Å². The van der Waals surface area contributed by atoms with Gasteiger partial charge in [0, 0.05) is 18.8 Å². The van der Waals surface area contributed by atoms with Crippen LogP contribution in [0.2, 0.25) is 0 Å². The van der Waals surface area contributed by atoms with Gasteiger partial charge in [-0.2, -0.15) is 4.72 Å². The lowest BCUT2D eigenvalue weighted by Gasteiger charge is -2.29. The quantitative estimate of drug-likeness (QED) is 0.765. The summed E-state index contributed by atoms with van der Waals surface area (Å²) in [7, 11) is -3.83. The van der Waals surface area contributed by atoms with Crippen LogP contribution in [0.25, 0.3) is 0 Å². The van der Waals surface area contributed by atoms with Crippen LogP contribution in [0.1, 0.15) is 6.92 Å².